The average molecular weight is 136 g/mol. The van der Waals surface area contributed by atoms with Crippen molar-refractivity contribution in [2.24, 2.45) is 11.8 Å². The van der Waals surface area contributed by atoms with Crippen molar-refractivity contribution in [3.8, 4) is 6.07 Å². The SMILES string of the molecule is C=CCC(C#N)C1CNC1. The van der Waals surface area contributed by atoms with E-state index >= 15 is 0 Å². The highest BCUT2D eigenvalue weighted by Gasteiger charge is 2.25. The normalized spacial score (nSPS) is 20.7. The van der Waals surface area contributed by atoms with E-state index in [0.717, 1.165) is 19.5 Å². The Bertz CT molecular complexity index is 153. The molecule has 1 atom stereocenters. The van der Waals surface area contributed by atoms with Crippen molar-refractivity contribution in [2.75, 3.05) is 13.1 Å². The topological polar surface area (TPSA) is 35.8 Å². The molecule has 1 aliphatic rings. The predicted octanol–water partition coefficient (Wildman–Crippen LogP) is 0.922. The van der Waals surface area contributed by atoms with Crippen LogP contribution in [0, 0.1) is 23.2 Å². The van der Waals surface area contributed by atoms with Crippen molar-refractivity contribution in [1.82, 2.24) is 5.32 Å². The molecule has 1 N–H and O–H groups in total. The first-order valence-electron chi connectivity index (χ1n) is 3.59. The number of nitrogens with one attached hydrogen (secondary N) is 1. The molecule has 2 nitrogen and oxygen atoms in total. The van der Waals surface area contributed by atoms with E-state index in [-0.39, 0.29) is 5.92 Å². The van der Waals surface area contributed by atoms with Gasteiger partial charge in [0, 0.05) is 13.1 Å². The van der Waals surface area contributed by atoms with Gasteiger partial charge in [0.1, 0.15) is 0 Å². The number of nitriles is 1. The molecule has 1 fully saturated rings. The molecule has 0 amide bonds. The van der Waals surface area contributed by atoms with Crippen LogP contribution in [0.1, 0.15) is 6.42 Å². The van der Waals surface area contributed by atoms with Gasteiger partial charge >= 0.3 is 0 Å². The Morgan fingerprint density at radius 3 is 2.80 bits per heavy atom. The molecule has 1 rings (SSSR count). The minimum Gasteiger partial charge on any atom is -0.316 e. The highest BCUT2D eigenvalue weighted by atomic mass is 14.9. The predicted molar refractivity (Wildman–Crippen MR) is 40.3 cm³/mol. The summed E-state index contributed by atoms with van der Waals surface area (Å²) in [5, 5.41) is 11.8. The highest BCUT2D eigenvalue weighted by Crippen LogP contribution is 2.18. The Morgan fingerprint density at radius 1 is 1.80 bits per heavy atom. The lowest BCUT2D eigenvalue weighted by molar-refractivity contribution is 0.278. The van der Waals surface area contributed by atoms with E-state index in [9.17, 15) is 0 Å². The van der Waals surface area contributed by atoms with Crippen LogP contribution >= 0.6 is 0 Å². The van der Waals surface area contributed by atoms with E-state index in [2.05, 4.69) is 18.0 Å². The number of allylic oxidation sites excluding steroid dienone is 1. The van der Waals surface area contributed by atoms with Gasteiger partial charge in [-0.2, -0.15) is 5.26 Å². The third-order valence-corrected chi connectivity index (χ3v) is 1.97. The standard InChI is InChI=1S/C8H12N2/c1-2-3-7(4-9)8-5-10-6-8/h2,7-8,10H,1,3,5-6H2. The van der Waals surface area contributed by atoms with Crippen molar-refractivity contribution < 1.29 is 0 Å². The van der Waals surface area contributed by atoms with Gasteiger partial charge in [0.05, 0.1) is 12.0 Å². The van der Waals surface area contributed by atoms with Gasteiger partial charge < -0.3 is 5.32 Å². The third-order valence-electron chi connectivity index (χ3n) is 1.97. The summed E-state index contributed by atoms with van der Waals surface area (Å²) in [7, 11) is 0. The molecule has 54 valence electrons. The summed E-state index contributed by atoms with van der Waals surface area (Å²) in [5.74, 6) is 0.766. The maximum atomic E-state index is 8.67. The first kappa shape index (κ1) is 7.30. The fourth-order valence-corrected chi connectivity index (χ4v) is 1.13. The molecule has 0 aliphatic carbocycles. The van der Waals surface area contributed by atoms with Crippen LogP contribution in [0.25, 0.3) is 0 Å². The van der Waals surface area contributed by atoms with E-state index in [1.807, 2.05) is 6.08 Å². The van der Waals surface area contributed by atoms with Crippen LogP contribution in [0.15, 0.2) is 12.7 Å². The minimum atomic E-state index is 0.193. The average Bonchev–Trinajstić information content (AvgIpc) is 1.83. The number of rotatable bonds is 3. The molecule has 1 aliphatic heterocycles. The lowest BCUT2D eigenvalue weighted by Crippen LogP contribution is -2.45. The quantitative estimate of drug-likeness (QED) is 0.586. The van der Waals surface area contributed by atoms with E-state index in [1.54, 1.807) is 0 Å². The van der Waals surface area contributed by atoms with Crippen molar-refractivity contribution >= 4 is 0 Å². The summed E-state index contributed by atoms with van der Waals surface area (Å²) >= 11 is 0. The smallest absolute Gasteiger partial charge is 0.0662 e. The molecule has 0 aromatic heterocycles. The highest BCUT2D eigenvalue weighted by molar-refractivity contribution is 4.96. The largest absolute Gasteiger partial charge is 0.316 e. The molecular weight excluding hydrogens is 124 g/mol. The Labute approximate surface area is 61.5 Å². The van der Waals surface area contributed by atoms with Crippen LogP contribution in [0.4, 0.5) is 0 Å². The fourth-order valence-electron chi connectivity index (χ4n) is 1.13. The Hall–Kier alpha value is -0.810. The van der Waals surface area contributed by atoms with E-state index < -0.39 is 0 Å². The summed E-state index contributed by atoms with van der Waals surface area (Å²) < 4.78 is 0. The summed E-state index contributed by atoms with van der Waals surface area (Å²) in [6.45, 7) is 5.63. The van der Waals surface area contributed by atoms with Gasteiger partial charge in [-0.05, 0) is 12.3 Å². The maximum Gasteiger partial charge on any atom is 0.0662 e. The molecule has 1 unspecified atom stereocenters. The first-order valence-corrected chi connectivity index (χ1v) is 3.59. The number of hydrogen-bond donors (Lipinski definition) is 1. The van der Waals surface area contributed by atoms with Crippen LogP contribution < -0.4 is 5.32 Å². The first-order chi connectivity index (χ1) is 4.88. The Kier molecular flexibility index (Phi) is 2.47. The van der Waals surface area contributed by atoms with Gasteiger partial charge in [-0.25, -0.2) is 0 Å². The molecular formula is C8H12N2. The monoisotopic (exact) mass is 136 g/mol. The van der Waals surface area contributed by atoms with Crippen LogP contribution in [0.5, 0.6) is 0 Å². The summed E-state index contributed by atoms with van der Waals surface area (Å²) in [6.07, 6.45) is 2.66. The van der Waals surface area contributed by atoms with Crippen LogP contribution in [-0.4, -0.2) is 13.1 Å². The zero-order chi connectivity index (χ0) is 7.40. The van der Waals surface area contributed by atoms with Gasteiger partial charge in [0.25, 0.3) is 0 Å². The van der Waals surface area contributed by atoms with Crippen molar-refractivity contribution in [2.45, 2.75) is 6.42 Å². The lowest BCUT2D eigenvalue weighted by atomic mass is 9.86. The lowest BCUT2D eigenvalue weighted by Gasteiger charge is -2.30. The van der Waals surface area contributed by atoms with E-state index in [0.29, 0.717) is 5.92 Å². The summed E-state index contributed by atoms with van der Waals surface area (Å²) in [5.41, 5.74) is 0. The maximum absolute atomic E-state index is 8.67. The second kappa shape index (κ2) is 3.38. The molecule has 10 heavy (non-hydrogen) atoms. The molecule has 1 saturated heterocycles. The number of nitrogens with zero attached hydrogens (tertiary/aromatic N) is 1. The van der Waals surface area contributed by atoms with Gasteiger partial charge in [-0.15, -0.1) is 6.58 Å². The molecule has 0 aromatic carbocycles. The van der Waals surface area contributed by atoms with Crippen molar-refractivity contribution in [1.29, 1.82) is 5.26 Å². The summed E-state index contributed by atoms with van der Waals surface area (Å²) in [6, 6.07) is 2.29. The van der Waals surface area contributed by atoms with Gasteiger partial charge in [-0.1, -0.05) is 6.08 Å². The zero-order valence-electron chi connectivity index (χ0n) is 6.01. The second-order valence-corrected chi connectivity index (χ2v) is 2.68. The number of hydrogen-bond acceptors (Lipinski definition) is 2. The molecule has 0 saturated carbocycles. The minimum absolute atomic E-state index is 0.193. The molecule has 0 aromatic rings. The van der Waals surface area contributed by atoms with Crippen LogP contribution in [0.3, 0.4) is 0 Å². The molecule has 0 spiro atoms. The van der Waals surface area contributed by atoms with Gasteiger partial charge in [-0.3, -0.25) is 0 Å². The van der Waals surface area contributed by atoms with E-state index in [4.69, 9.17) is 5.26 Å². The Morgan fingerprint density at radius 2 is 2.50 bits per heavy atom. The van der Waals surface area contributed by atoms with Gasteiger partial charge in [0.15, 0.2) is 0 Å². The van der Waals surface area contributed by atoms with E-state index in [1.165, 1.54) is 0 Å². The fraction of sp³-hybridized carbons (Fsp3) is 0.625. The molecule has 0 bridgehead atoms. The van der Waals surface area contributed by atoms with Gasteiger partial charge in [0.2, 0.25) is 0 Å². The van der Waals surface area contributed by atoms with Crippen LogP contribution in [-0.2, 0) is 0 Å². The molecule has 1 heterocycles. The Balaban J connectivity index is 2.33. The van der Waals surface area contributed by atoms with Crippen molar-refractivity contribution in [3.63, 3.8) is 0 Å². The zero-order valence-corrected chi connectivity index (χ0v) is 6.01. The third kappa shape index (κ3) is 1.37. The molecule has 2 heteroatoms. The molecule has 0 radical (unpaired) electrons. The van der Waals surface area contributed by atoms with Crippen LogP contribution in [0.2, 0.25) is 0 Å². The second-order valence-electron chi connectivity index (χ2n) is 2.68. The van der Waals surface area contributed by atoms with Crippen molar-refractivity contribution in [3.05, 3.63) is 12.7 Å². The summed E-state index contributed by atoms with van der Waals surface area (Å²) in [4.78, 5) is 0.